The lowest BCUT2D eigenvalue weighted by Crippen LogP contribution is -2.50. The molecule has 1 unspecified atom stereocenters. The molecule has 0 aromatic carbocycles. The summed E-state index contributed by atoms with van der Waals surface area (Å²) in [6.07, 6.45) is 7.30. The van der Waals surface area contributed by atoms with E-state index in [-0.39, 0.29) is 5.60 Å². The van der Waals surface area contributed by atoms with Crippen LogP contribution in [0, 0.1) is 0 Å². The lowest BCUT2D eigenvalue weighted by Gasteiger charge is -2.45. The van der Waals surface area contributed by atoms with E-state index in [0.717, 1.165) is 56.8 Å². The van der Waals surface area contributed by atoms with Crippen LogP contribution in [0.5, 0.6) is 0 Å². The number of fused-ring (bicyclic) bond motifs is 2. The van der Waals surface area contributed by atoms with Gasteiger partial charge in [0.25, 0.3) is 0 Å². The summed E-state index contributed by atoms with van der Waals surface area (Å²) in [7, 11) is 0. The Kier molecular flexibility index (Phi) is 4.02. The van der Waals surface area contributed by atoms with Gasteiger partial charge < -0.3 is 14.9 Å². The van der Waals surface area contributed by atoms with Crippen LogP contribution < -0.4 is 5.73 Å². The van der Waals surface area contributed by atoms with Crippen LogP contribution in [0.25, 0.3) is 0 Å². The zero-order valence-corrected chi connectivity index (χ0v) is 14.1. The number of nitrogens with zero attached hydrogens (tertiary/aromatic N) is 3. The fourth-order valence-corrected chi connectivity index (χ4v) is 3.98. The SMILES string of the molecule is CC(Cc1ccco1)N1CCC2(CC1)OCCc1cnc(N)nc12. The van der Waals surface area contributed by atoms with Gasteiger partial charge in [-0.25, -0.2) is 9.97 Å². The third-order valence-electron chi connectivity index (χ3n) is 5.37. The summed E-state index contributed by atoms with van der Waals surface area (Å²) in [6, 6.07) is 4.44. The standard InChI is InChI=1S/C18H24N4O2/c1-13(11-15-3-2-9-23-15)22-7-5-18(6-8-22)16-14(4-10-24-18)12-20-17(19)21-16/h2-3,9,12-13H,4-8,10-11H2,1H3,(H2,19,20,21). The van der Waals surface area contributed by atoms with Crippen molar-refractivity contribution < 1.29 is 9.15 Å². The van der Waals surface area contributed by atoms with Gasteiger partial charge in [-0.3, -0.25) is 4.90 Å². The van der Waals surface area contributed by atoms with Gasteiger partial charge in [-0.2, -0.15) is 0 Å². The second-order valence-electron chi connectivity index (χ2n) is 6.86. The van der Waals surface area contributed by atoms with Gasteiger partial charge in [0.2, 0.25) is 5.95 Å². The molecule has 4 heterocycles. The number of furan rings is 1. The first-order chi connectivity index (χ1) is 11.7. The van der Waals surface area contributed by atoms with E-state index in [1.54, 1.807) is 6.26 Å². The number of piperidine rings is 1. The van der Waals surface area contributed by atoms with E-state index in [2.05, 4.69) is 21.8 Å². The molecule has 128 valence electrons. The van der Waals surface area contributed by atoms with Crippen LogP contribution in [-0.2, 0) is 23.2 Å². The number of nitrogen functional groups attached to an aromatic ring is 1. The molecule has 0 bridgehead atoms. The van der Waals surface area contributed by atoms with E-state index in [0.29, 0.717) is 12.0 Å². The highest BCUT2D eigenvalue weighted by Crippen LogP contribution is 2.40. The van der Waals surface area contributed by atoms with Gasteiger partial charge >= 0.3 is 0 Å². The average molecular weight is 328 g/mol. The van der Waals surface area contributed by atoms with Crippen molar-refractivity contribution in [2.45, 2.75) is 44.2 Å². The van der Waals surface area contributed by atoms with Gasteiger partial charge in [-0.1, -0.05) is 0 Å². The van der Waals surface area contributed by atoms with Gasteiger partial charge in [-0.05, 0) is 43.9 Å². The first kappa shape index (κ1) is 15.6. The normalized spacial score (nSPS) is 21.5. The van der Waals surface area contributed by atoms with E-state index in [9.17, 15) is 0 Å². The van der Waals surface area contributed by atoms with Gasteiger partial charge in [0, 0.05) is 31.7 Å². The Morgan fingerprint density at radius 1 is 1.38 bits per heavy atom. The third kappa shape index (κ3) is 2.80. The number of aromatic nitrogens is 2. The molecule has 0 aliphatic carbocycles. The van der Waals surface area contributed by atoms with Crippen molar-refractivity contribution in [2.24, 2.45) is 0 Å². The van der Waals surface area contributed by atoms with Crippen molar-refractivity contribution >= 4 is 5.95 Å². The Bertz CT molecular complexity index is 693. The summed E-state index contributed by atoms with van der Waals surface area (Å²) < 4.78 is 11.7. The second-order valence-corrected chi connectivity index (χ2v) is 6.86. The quantitative estimate of drug-likeness (QED) is 0.930. The maximum atomic E-state index is 6.23. The molecule has 1 atom stereocenters. The zero-order chi connectivity index (χ0) is 16.6. The molecule has 1 fully saturated rings. The van der Waals surface area contributed by atoms with Crippen LogP contribution in [0.4, 0.5) is 5.95 Å². The van der Waals surface area contributed by atoms with Crippen LogP contribution in [0.3, 0.4) is 0 Å². The molecule has 2 aliphatic rings. The summed E-state index contributed by atoms with van der Waals surface area (Å²) in [4.78, 5) is 11.2. The van der Waals surface area contributed by atoms with E-state index >= 15 is 0 Å². The first-order valence-corrected chi connectivity index (χ1v) is 8.68. The van der Waals surface area contributed by atoms with Gasteiger partial charge in [0.15, 0.2) is 0 Å². The number of anilines is 1. The number of hydrogen-bond donors (Lipinski definition) is 1. The number of likely N-dealkylation sites (tertiary alicyclic amines) is 1. The van der Waals surface area contributed by atoms with Gasteiger partial charge in [-0.15, -0.1) is 0 Å². The molecule has 24 heavy (non-hydrogen) atoms. The van der Waals surface area contributed by atoms with Crippen molar-refractivity contribution in [3.8, 4) is 0 Å². The Labute approximate surface area is 142 Å². The lowest BCUT2D eigenvalue weighted by atomic mass is 9.83. The molecule has 2 N–H and O–H groups in total. The smallest absolute Gasteiger partial charge is 0.220 e. The Hall–Kier alpha value is -1.92. The van der Waals surface area contributed by atoms with Crippen molar-refractivity contribution in [1.82, 2.24) is 14.9 Å². The fraction of sp³-hybridized carbons (Fsp3) is 0.556. The molecule has 0 saturated carbocycles. The van der Waals surface area contributed by atoms with Crippen molar-refractivity contribution in [2.75, 3.05) is 25.4 Å². The van der Waals surface area contributed by atoms with Crippen molar-refractivity contribution in [3.05, 3.63) is 41.6 Å². The molecule has 0 radical (unpaired) electrons. The molecular weight excluding hydrogens is 304 g/mol. The largest absolute Gasteiger partial charge is 0.469 e. The summed E-state index contributed by atoms with van der Waals surface area (Å²) in [5.41, 5.74) is 7.74. The van der Waals surface area contributed by atoms with Crippen LogP contribution >= 0.6 is 0 Å². The van der Waals surface area contributed by atoms with Crippen molar-refractivity contribution in [1.29, 1.82) is 0 Å². The van der Waals surface area contributed by atoms with Crippen molar-refractivity contribution in [3.63, 3.8) is 0 Å². The maximum absolute atomic E-state index is 6.23. The summed E-state index contributed by atoms with van der Waals surface area (Å²) in [5, 5.41) is 0. The van der Waals surface area contributed by atoms with Crippen LogP contribution in [0.2, 0.25) is 0 Å². The maximum Gasteiger partial charge on any atom is 0.220 e. The topological polar surface area (TPSA) is 77.4 Å². The van der Waals surface area contributed by atoms with Gasteiger partial charge in [0.05, 0.1) is 18.6 Å². The lowest BCUT2D eigenvalue weighted by molar-refractivity contribution is -0.105. The minimum absolute atomic E-state index is 0.286. The molecule has 6 nitrogen and oxygen atoms in total. The summed E-state index contributed by atoms with van der Waals surface area (Å²) in [6.45, 7) is 4.98. The van der Waals surface area contributed by atoms with E-state index in [1.807, 2.05) is 18.3 Å². The van der Waals surface area contributed by atoms with Crippen LogP contribution in [-0.4, -0.2) is 40.6 Å². The van der Waals surface area contributed by atoms with E-state index in [4.69, 9.17) is 14.9 Å². The highest BCUT2D eigenvalue weighted by atomic mass is 16.5. The molecular formula is C18H24N4O2. The Balaban J connectivity index is 1.47. The average Bonchev–Trinajstić information content (AvgIpc) is 3.09. The van der Waals surface area contributed by atoms with Crippen LogP contribution in [0.15, 0.2) is 29.0 Å². The Morgan fingerprint density at radius 3 is 2.96 bits per heavy atom. The number of ether oxygens (including phenoxy) is 1. The number of hydrogen-bond acceptors (Lipinski definition) is 6. The predicted molar refractivity (Wildman–Crippen MR) is 90.5 cm³/mol. The number of rotatable bonds is 3. The predicted octanol–water partition coefficient (Wildman–Crippen LogP) is 2.15. The second kappa shape index (κ2) is 6.18. The molecule has 4 rings (SSSR count). The fourth-order valence-electron chi connectivity index (χ4n) is 3.98. The molecule has 2 aromatic rings. The minimum atomic E-state index is -0.286. The molecule has 2 aliphatic heterocycles. The van der Waals surface area contributed by atoms with Gasteiger partial charge in [0.1, 0.15) is 11.4 Å². The van der Waals surface area contributed by atoms with Crippen LogP contribution in [0.1, 0.15) is 36.8 Å². The molecule has 6 heteroatoms. The minimum Gasteiger partial charge on any atom is -0.469 e. The molecule has 0 amide bonds. The number of nitrogens with two attached hydrogens (primary N) is 1. The summed E-state index contributed by atoms with van der Waals surface area (Å²) in [5.74, 6) is 1.38. The zero-order valence-electron chi connectivity index (χ0n) is 14.1. The molecule has 1 spiro atoms. The molecule has 1 saturated heterocycles. The molecule has 2 aromatic heterocycles. The van der Waals surface area contributed by atoms with E-state index in [1.165, 1.54) is 5.56 Å². The summed E-state index contributed by atoms with van der Waals surface area (Å²) >= 11 is 0. The van der Waals surface area contributed by atoms with E-state index < -0.39 is 0 Å². The Morgan fingerprint density at radius 2 is 2.21 bits per heavy atom. The highest BCUT2D eigenvalue weighted by molar-refractivity contribution is 5.32. The first-order valence-electron chi connectivity index (χ1n) is 8.68. The monoisotopic (exact) mass is 328 g/mol. The highest BCUT2D eigenvalue weighted by Gasteiger charge is 2.43. The third-order valence-corrected chi connectivity index (χ3v) is 5.37.